The second kappa shape index (κ2) is 8.60. The predicted molar refractivity (Wildman–Crippen MR) is 85.8 cm³/mol. The number of carbonyl (C=O) groups excluding carboxylic acids is 1. The molecular formula is C16H19N3O4. The maximum absolute atomic E-state index is 11.7. The lowest BCUT2D eigenvalue weighted by Gasteiger charge is -2.13. The number of aromatic nitrogens is 1. The molecule has 1 heterocycles. The van der Waals surface area contributed by atoms with E-state index >= 15 is 0 Å². The maximum Gasteiger partial charge on any atom is 0.319 e. The Kier molecular flexibility index (Phi) is 6.19. The maximum atomic E-state index is 11.7. The Morgan fingerprint density at radius 1 is 1.26 bits per heavy atom. The first kappa shape index (κ1) is 16.6. The molecule has 1 aromatic carbocycles. The highest BCUT2D eigenvalue weighted by molar-refractivity contribution is 5.89. The normalized spacial score (nSPS) is 11.4. The summed E-state index contributed by atoms with van der Waals surface area (Å²) >= 11 is 0. The van der Waals surface area contributed by atoms with Crippen LogP contribution in [0.5, 0.6) is 11.6 Å². The Hall–Kier alpha value is -2.80. The van der Waals surface area contributed by atoms with Gasteiger partial charge in [-0.1, -0.05) is 18.2 Å². The summed E-state index contributed by atoms with van der Waals surface area (Å²) in [6.45, 7) is 0.163. The summed E-state index contributed by atoms with van der Waals surface area (Å²) in [7, 11) is 1.51. The van der Waals surface area contributed by atoms with Gasteiger partial charge in [0.15, 0.2) is 0 Å². The molecule has 2 aromatic rings. The van der Waals surface area contributed by atoms with Crippen molar-refractivity contribution in [2.24, 2.45) is 0 Å². The van der Waals surface area contributed by atoms with E-state index in [4.69, 9.17) is 9.47 Å². The molecule has 122 valence electrons. The molecule has 23 heavy (non-hydrogen) atoms. The standard InChI is InChI=1S/C16H19N3O4/c1-22-15-8-7-12(9-17-15)19-16(21)18-10-13(20)11-23-14-5-3-2-4-6-14/h2-9,13,20H,10-11H2,1H3,(H2,18,19,21)/t13-/m1/s1. The summed E-state index contributed by atoms with van der Waals surface area (Å²) in [4.78, 5) is 15.7. The van der Waals surface area contributed by atoms with Crippen molar-refractivity contribution in [1.29, 1.82) is 0 Å². The average molecular weight is 317 g/mol. The lowest BCUT2D eigenvalue weighted by molar-refractivity contribution is 0.108. The third-order valence-electron chi connectivity index (χ3n) is 2.89. The van der Waals surface area contributed by atoms with E-state index in [2.05, 4.69) is 15.6 Å². The number of pyridine rings is 1. The van der Waals surface area contributed by atoms with Crippen LogP contribution >= 0.6 is 0 Å². The number of carbonyl (C=O) groups is 1. The van der Waals surface area contributed by atoms with Gasteiger partial charge >= 0.3 is 6.03 Å². The first-order chi connectivity index (χ1) is 11.2. The number of nitrogens with one attached hydrogen (secondary N) is 2. The number of benzene rings is 1. The quantitative estimate of drug-likeness (QED) is 0.722. The zero-order chi connectivity index (χ0) is 16.5. The molecular weight excluding hydrogens is 298 g/mol. The number of amides is 2. The summed E-state index contributed by atoms with van der Waals surface area (Å²) in [6.07, 6.45) is 0.669. The topological polar surface area (TPSA) is 92.7 Å². The van der Waals surface area contributed by atoms with Crippen LogP contribution < -0.4 is 20.1 Å². The Labute approximate surface area is 134 Å². The fourth-order valence-electron chi connectivity index (χ4n) is 1.73. The van der Waals surface area contributed by atoms with Gasteiger partial charge in [0.2, 0.25) is 5.88 Å². The molecule has 0 saturated heterocycles. The van der Waals surface area contributed by atoms with E-state index in [9.17, 15) is 9.90 Å². The SMILES string of the molecule is COc1ccc(NC(=O)NC[C@@H](O)COc2ccccc2)cn1. The van der Waals surface area contributed by atoms with Crippen molar-refractivity contribution in [3.63, 3.8) is 0 Å². The Balaban J connectivity index is 1.68. The molecule has 1 atom stereocenters. The number of para-hydroxylation sites is 1. The highest BCUT2D eigenvalue weighted by atomic mass is 16.5. The van der Waals surface area contributed by atoms with E-state index in [1.54, 1.807) is 24.3 Å². The van der Waals surface area contributed by atoms with Crippen molar-refractivity contribution in [3.05, 3.63) is 48.7 Å². The van der Waals surface area contributed by atoms with Crippen molar-refractivity contribution in [2.45, 2.75) is 6.10 Å². The second-order valence-corrected chi connectivity index (χ2v) is 4.70. The largest absolute Gasteiger partial charge is 0.491 e. The molecule has 2 amide bonds. The summed E-state index contributed by atoms with van der Waals surface area (Å²) < 4.78 is 10.3. The van der Waals surface area contributed by atoms with Crippen molar-refractivity contribution < 1.29 is 19.4 Å². The fraction of sp³-hybridized carbons (Fsp3) is 0.250. The first-order valence-electron chi connectivity index (χ1n) is 7.08. The molecule has 0 aliphatic carbocycles. The van der Waals surface area contributed by atoms with Crippen molar-refractivity contribution in [1.82, 2.24) is 10.3 Å². The minimum atomic E-state index is -0.810. The van der Waals surface area contributed by atoms with Crippen LogP contribution in [0.3, 0.4) is 0 Å². The molecule has 0 spiro atoms. The number of hydrogen-bond donors (Lipinski definition) is 3. The van der Waals surface area contributed by atoms with Crippen LogP contribution in [0.25, 0.3) is 0 Å². The number of aliphatic hydroxyl groups is 1. The van der Waals surface area contributed by atoms with E-state index in [-0.39, 0.29) is 13.2 Å². The third kappa shape index (κ3) is 5.84. The summed E-state index contributed by atoms with van der Waals surface area (Å²) in [5.74, 6) is 1.13. The van der Waals surface area contributed by atoms with Gasteiger partial charge in [-0.3, -0.25) is 0 Å². The summed E-state index contributed by atoms with van der Waals surface area (Å²) in [5.41, 5.74) is 0.526. The third-order valence-corrected chi connectivity index (χ3v) is 2.89. The molecule has 2 rings (SSSR count). The highest BCUT2D eigenvalue weighted by Gasteiger charge is 2.08. The van der Waals surface area contributed by atoms with Gasteiger partial charge in [0.25, 0.3) is 0 Å². The van der Waals surface area contributed by atoms with E-state index < -0.39 is 12.1 Å². The lowest BCUT2D eigenvalue weighted by atomic mass is 10.3. The smallest absolute Gasteiger partial charge is 0.319 e. The number of aliphatic hydroxyl groups excluding tert-OH is 1. The van der Waals surface area contributed by atoms with Gasteiger partial charge in [0, 0.05) is 12.6 Å². The molecule has 0 bridgehead atoms. The van der Waals surface area contributed by atoms with Crippen molar-refractivity contribution in [3.8, 4) is 11.6 Å². The predicted octanol–water partition coefficient (Wildman–Crippen LogP) is 1.65. The molecule has 3 N–H and O–H groups in total. The molecule has 0 aliphatic rings. The van der Waals surface area contributed by atoms with Gasteiger partial charge in [-0.25, -0.2) is 9.78 Å². The monoisotopic (exact) mass is 317 g/mol. The van der Waals surface area contributed by atoms with E-state index in [0.717, 1.165) is 0 Å². The average Bonchev–Trinajstić information content (AvgIpc) is 2.60. The Morgan fingerprint density at radius 2 is 2.04 bits per heavy atom. The number of nitrogens with zero attached hydrogens (tertiary/aromatic N) is 1. The Morgan fingerprint density at radius 3 is 2.70 bits per heavy atom. The van der Waals surface area contributed by atoms with Crippen molar-refractivity contribution in [2.75, 3.05) is 25.6 Å². The van der Waals surface area contributed by atoms with Crippen LogP contribution in [-0.4, -0.2) is 42.5 Å². The van der Waals surface area contributed by atoms with Crippen molar-refractivity contribution >= 4 is 11.7 Å². The summed E-state index contributed by atoms with van der Waals surface area (Å²) in [6, 6.07) is 12.0. The van der Waals surface area contributed by atoms with Gasteiger partial charge in [0.1, 0.15) is 18.5 Å². The first-order valence-corrected chi connectivity index (χ1v) is 7.08. The van der Waals surface area contributed by atoms with Gasteiger partial charge in [0.05, 0.1) is 19.0 Å². The highest BCUT2D eigenvalue weighted by Crippen LogP contribution is 2.10. The summed E-state index contributed by atoms with van der Waals surface area (Å²) in [5, 5.41) is 15.0. The van der Waals surface area contributed by atoms with E-state index in [0.29, 0.717) is 17.3 Å². The number of anilines is 1. The molecule has 0 fully saturated rings. The van der Waals surface area contributed by atoms with E-state index in [1.807, 2.05) is 18.2 Å². The van der Waals surface area contributed by atoms with Crippen LogP contribution in [0.4, 0.5) is 10.5 Å². The molecule has 0 radical (unpaired) electrons. The molecule has 0 unspecified atom stereocenters. The van der Waals surface area contributed by atoms with Crippen LogP contribution in [0.15, 0.2) is 48.7 Å². The second-order valence-electron chi connectivity index (χ2n) is 4.70. The number of hydrogen-bond acceptors (Lipinski definition) is 5. The van der Waals surface area contributed by atoms with E-state index in [1.165, 1.54) is 13.3 Å². The zero-order valence-electron chi connectivity index (χ0n) is 12.7. The Bertz CT molecular complexity index is 604. The fourth-order valence-corrected chi connectivity index (χ4v) is 1.73. The van der Waals surface area contributed by atoms with Crippen LogP contribution in [0, 0.1) is 0 Å². The number of rotatable bonds is 7. The lowest BCUT2D eigenvalue weighted by Crippen LogP contribution is -2.37. The molecule has 7 nitrogen and oxygen atoms in total. The molecule has 0 saturated carbocycles. The van der Waals surface area contributed by atoms with Crippen LogP contribution in [0.2, 0.25) is 0 Å². The minimum absolute atomic E-state index is 0.0717. The molecule has 0 aliphatic heterocycles. The van der Waals surface area contributed by atoms with Crippen LogP contribution in [-0.2, 0) is 0 Å². The zero-order valence-corrected chi connectivity index (χ0v) is 12.7. The van der Waals surface area contributed by atoms with Gasteiger partial charge in [-0.05, 0) is 18.2 Å². The number of urea groups is 1. The van der Waals surface area contributed by atoms with Crippen LogP contribution in [0.1, 0.15) is 0 Å². The number of methoxy groups -OCH3 is 1. The molecule has 7 heteroatoms. The number of ether oxygens (including phenoxy) is 2. The van der Waals surface area contributed by atoms with Gasteiger partial charge in [-0.2, -0.15) is 0 Å². The van der Waals surface area contributed by atoms with Gasteiger partial charge in [-0.15, -0.1) is 0 Å². The molecule has 1 aromatic heterocycles. The van der Waals surface area contributed by atoms with Gasteiger partial charge < -0.3 is 25.2 Å². The minimum Gasteiger partial charge on any atom is -0.491 e.